The molecule has 0 amide bonds. The standard InChI is InChI=1S/C9H19Si/c1-5-7(3)9(10)8(4)6-2/h7-9H,5-6H2,1-4H3. The van der Waals surface area contributed by atoms with Crippen LogP contribution in [0.2, 0.25) is 5.54 Å². The SMILES string of the molecule is CCC(C)C([Si])C(C)CC. The highest BCUT2D eigenvalue weighted by Gasteiger charge is 2.15. The molecule has 0 nitrogen and oxygen atoms in total. The van der Waals surface area contributed by atoms with Crippen LogP contribution in [0.15, 0.2) is 0 Å². The second kappa shape index (κ2) is 4.95. The van der Waals surface area contributed by atoms with Crippen molar-refractivity contribution in [3.63, 3.8) is 0 Å². The Hall–Kier alpha value is 0.217. The van der Waals surface area contributed by atoms with E-state index in [2.05, 4.69) is 37.9 Å². The smallest absolute Gasteiger partial charge is 0.0273 e. The summed E-state index contributed by atoms with van der Waals surface area (Å²) in [4.78, 5) is 0. The molecule has 10 heavy (non-hydrogen) atoms. The van der Waals surface area contributed by atoms with Gasteiger partial charge in [-0.2, -0.15) is 0 Å². The van der Waals surface area contributed by atoms with Crippen molar-refractivity contribution in [1.82, 2.24) is 0 Å². The first-order valence-electron chi connectivity index (χ1n) is 4.34. The van der Waals surface area contributed by atoms with Gasteiger partial charge in [0.05, 0.1) is 0 Å². The van der Waals surface area contributed by atoms with Crippen LogP contribution in [0.25, 0.3) is 0 Å². The van der Waals surface area contributed by atoms with Crippen LogP contribution < -0.4 is 0 Å². The Balaban J connectivity index is 3.69. The third-order valence-electron chi connectivity index (χ3n) is 2.51. The van der Waals surface area contributed by atoms with Gasteiger partial charge >= 0.3 is 0 Å². The lowest BCUT2D eigenvalue weighted by atomic mass is 9.93. The first-order chi connectivity index (χ1) is 4.63. The summed E-state index contributed by atoms with van der Waals surface area (Å²) in [5.74, 6) is 1.62. The van der Waals surface area contributed by atoms with Crippen molar-refractivity contribution in [3.05, 3.63) is 0 Å². The van der Waals surface area contributed by atoms with Crippen LogP contribution in [-0.2, 0) is 0 Å². The van der Waals surface area contributed by atoms with Gasteiger partial charge in [0.1, 0.15) is 0 Å². The van der Waals surface area contributed by atoms with Crippen molar-refractivity contribution in [2.75, 3.05) is 0 Å². The van der Waals surface area contributed by atoms with Gasteiger partial charge in [0.2, 0.25) is 0 Å². The molecular weight excluding hydrogens is 136 g/mol. The Labute approximate surface area is 68.8 Å². The van der Waals surface area contributed by atoms with Crippen molar-refractivity contribution < 1.29 is 0 Å². The molecule has 0 aromatic rings. The van der Waals surface area contributed by atoms with E-state index in [4.69, 9.17) is 0 Å². The average molecular weight is 155 g/mol. The lowest BCUT2D eigenvalue weighted by molar-refractivity contribution is 0.398. The molecule has 0 spiro atoms. The molecular formula is C9H19Si. The second-order valence-electron chi connectivity index (χ2n) is 3.30. The number of hydrogen-bond donors (Lipinski definition) is 0. The molecule has 0 bridgehead atoms. The molecule has 0 aromatic heterocycles. The molecule has 3 radical (unpaired) electrons. The van der Waals surface area contributed by atoms with Crippen LogP contribution in [0.1, 0.15) is 40.5 Å². The molecule has 0 fully saturated rings. The molecule has 0 aliphatic rings. The predicted molar refractivity (Wildman–Crippen MR) is 48.4 cm³/mol. The summed E-state index contributed by atoms with van der Waals surface area (Å²) in [5, 5.41) is 0. The van der Waals surface area contributed by atoms with E-state index in [9.17, 15) is 0 Å². The van der Waals surface area contributed by atoms with Crippen LogP contribution in [0.4, 0.5) is 0 Å². The third-order valence-corrected chi connectivity index (χ3v) is 3.65. The van der Waals surface area contributed by atoms with Crippen molar-refractivity contribution in [2.24, 2.45) is 11.8 Å². The Bertz CT molecular complexity index is 70.8. The van der Waals surface area contributed by atoms with E-state index < -0.39 is 0 Å². The molecule has 1 heteroatoms. The topological polar surface area (TPSA) is 0 Å². The summed E-state index contributed by atoms with van der Waals surface area (Å²) in [7, 11) is 3.78. The summed E-state index contributed by atoms with van der Waals surface area (Å²) < 4.78 is 0. The van der Waals surface area contributed by atoms with Gasteiger partial charge in [-0.3, -0.25) is 0 Å². The molecule has 0 saturated heterocycles. The second-order valence-corrected chi connectivity index (χ2v) is 3.96. The summed E-state index contributed by atoms with van der Waals surface area (Å²) in [5.41, 5.74) is 0.704. The van der Waals surface area contributed by atoms with E-state index in [1.165, 1.54) is 12.8 Å². The van der Waals surface area contributed by atoms with E-state index in [-0.39, 0.29) is 0 Å². The van der Waals surface area contributed by atoms with Gasteiger partial charge in [0.15, 0.2) is 0 Å². The van der Waals surface area contributed by atoms with Crippen LogP contribution in [-0.4, -0.2) is 10.2 Å². The van der Waals surface area contributed by atoms with Gasteiger partial charge < -0.3 is 0 Å². The van der Waals surface area contributed by atoms with Crippen LogP contribution in [0, 0.1) is 11.8 Å². The van der Waals surface area contributed by atoms with Crippen molar-refractivity contribution >= 4 is 10.2 Å². The summed E-state index contributed by atoms with van der Waals surface area (Å²) in [6.07, 6.45) is 2.55. The van der Waals surface area contributed by atoms with Gasteiger partial charge in [0, 0.05) is 10.2 Å². The molecule has 0 rings (SSSR count). The van der Waals surface area contributed by atoms with E-state index in [1.807, 2.05) is 0 Å². The van der Waals surface area contributed by atoms with Gasteiger partial charge in [-0.05, 0) is 17.4 Å². The van der Waals surface area contributed by atoms with Crippen molar-refractivity contribution in [2.45, 2.75) is 46.1 Å². The highest BCUT2D eigenvalue weighted by molar-refractivity contribution is 6.11. The third kappa shape index (κ3) is 2.87. The van der Waals surface area contributed by atoms with E-state index in [1.54, 1.807) is 0 Å². The normalized spacial score (nSPS) is 20.1. The Morgan fingerprint density at radius 3 is 1.50 bits per heavy atom. The summed E-state index contributed by atoms with van der Waals surface area (Å²) in [6, 6.07) is 0. The number of rotatable bonds is 4. The summed E-state index contributed by atoms with van der Waals surface area (Å²) in [6.45, 7) is 9.12. The van der Waals surface area contributed by atoms with Crippen molar-refractivity contribution in [1.29, 1.82) is 0 Å². The monoisotopic (exact) mass is 155 g/mol. The Kier molecular flexibility index (Phi) is 5.05. The largest absolute Gasteiger partial charge is 0.0651 e. The highest BCUT2D eigenvalue weighted by Crippen LogP contribution is 2.27. The molecule has 2 unspecified atom stereocenters. The molecule has 0 aromatic carbocycles. The molecule has 59 valence electrons. The van der Waals surface area contributed by atoms with E-state index >= 15 is 0 Å². The summed E-state index contributed by atoms with van der Waals surface area (Å²) >= 11 is 0. The minimum atomic E-state index is 0.704. The fraction of sp³-hybridized carbons (Fsp3) is 1.00. The molecule has 0 N–H and O–H groups in total. The highest BCUT2D eigenvalue weighted by atomic mass is 28.1. The average Bonchev–Trinajstić information content (AvgIpc) is 2.00. The minimum absolute atomic E-state index is 0.704. The molecule has 2 atom stereocenters. The van der Waals surface area contributed by atoms with Gasteiger partial charge in [0.25, 0.3) is 0 Å². The first-order valence-corrected chi connectivity index (χ1v) is 4.92. The zero-order valence-electron chi connectivity index (χ0n) is 7.65. The number of hydrogen-bond acceptors (Lipinski definition) is 0. The zero-order chi connectivity index (χ0) is 8.15. The van der Waals surface area contributed by atoms with Gasteiger partial charge in [-0.1, -0.05) is 40.5 Å². The molecule has 0 saturated carbocycles. The zero-order valence-corrected chi connectivity index (χ0v) is 8.65. The Morgan fingerprint density at radius 2 is 1.30 bits per heavy atom. The van der Waals surface area contributed by atoms with Gasteiger partial charge in [-0.15, -0.1) is 0 Å². The predicted octanol–water partition coefficient (Wildman–Crippen LogP) is 3.04. The van der Waals surface area contributed by atoms with Gasteiger partial charge in [-0.25, -0.2) is 0 Å². The lowest BCUT2D eigenvalue weighted by Gasteiger charge is -2.23. The van der Waals surface area contributed by atoms with Crippen molar-refractivity contribution in [3.8, 4) is 0 Å². The van der Waals surface area contributed by atoms with Crippen LogP contribution in [0.5, 0.6) is 0 Å². The van der Waals surface area contributed by atoms with Crippen LogP contribution in [0.3, 0.4) is 0 Å². The maximum atomic E-state index is 3.78. The maximum Gasteiger partial charge on any atom is 0.0273 e. The van der Waals surface area contributed by atoms with E-state index in [0.717, 1.165) is 11.8 Å². The molecule has 0 aliphatic heterocycles. The maximum absolute atomic E-state index is 3.78. The molecule has 0 aliphatic carbocycles. The van der Waals surface area contributed by atoms with E-state index in [0.29, 0.717) is 5.54 Å². The fourth-order valence-electron chi connectivity index (χ4n) is 1.07. The fourth-order valence-corrected chi connectivity index (χ4v) is 1.54. The minimum Gasteiger partial charge on any atom is -0.0651 e. The molecule has 0 heterocycles. The first kappa shape index (κ1) is 10.2. The lowest BCUT2D eigenvalue weighted by Crippen LogP contribution is -2.12. The van der Waals surface area contributed by atoms with Crippen LogP contribution >= 0.6 is 0 Å². The Morgan fingerprint density at radius 1 is 1.00 bits per heavy atom. The quantitative estimate of drug-likeness (QED) is 0.547.